The van der Waals surface area contributed by atoms with E-state index in [0.717, 1.165) is 28.3 Å². The number of carbonyl (C=O) groups is 2. The van der Waals surface area contributed by atoms with Crippen LogP contribution in [0.15, 0.2) is 30.5 Å². The summed E-state index contributed by atoms with van der Waals surface area (Å²) in [5, 5.41) is 4.17. The van der Waals surface area contributed by atoms with E-state index in [1.165, 1.54) is 11.3 Å². The van der Waals surface area contributed by atoms with Crippen molar-refractivity contribution in [3.63, 3.8) is 0 Å². The summed E-state index contributed by atoms with van der Waals surface area (Å²) < 4.78 is 5.03. The molecule has 1 aromatic heterocycles. The predicted octanol–water partition coefficient (Wildman–Crippen LogP) is 4.19. The van der Waals surface area contributed by atoms with Crippen LogP contribution < -0.4 is 5.32 Å². The van der Waals surface area contributed by atoms with E-state index < -0.39 is 0 Å². The van der Waals surface area contributed by atoms with Gasteiger partial charge in [0.05, 0.1) is 12.5 Å². The smallest absolute Gasteiger partial charge is 0.409 e. The third-order valence-corrected chi connectivity index (χ3v) is 5.71. The number of likely N-dealkylation sites (tertiary alicyclic amines) is 1. The molecule has 2 aromatic rings. The molecule has 6 nitrogen and oxygen atoms in total. The molecule has 0 spiro atoms. The van der Waals surface area contributed by atoms with Crippen molar-refractivity contribution in [3.05, 3.63) is 45.9 Å². The van der Waals surface area contributed by atoms with Gasteiger partial charge in [0, 0.05) is 35.6 Å². The van der Waals surface area contributed by atoms with Crippen LogP contribution in [-0.4, -0.2) is 41.6 Å². The monoisotopic (exact) mass is 407 g/mol. The number of ether oxygens (including phenoxy) is 1. The normalized spacial score (nSPS) is 16.8. The first kappa shape index (κ1) is 19.6. The largest absolute Gasteiger partial charge is 0.450 e. The number of rotatable bonds is 5. The number of carbonyl (C=O) groups excluding carboxylic acids is 2. The van der Waals surface area contributed by atoms with Gasteiger partial charge in [-0.15, -0.1) is 11.3 Å². The fourth-order valence-corrected chi connectivity index (χ4v) is 4.10. The molecule has 0 radical (unpaired) electrons. The number of nitrogens with one attached hydrogen (secondary N) is 1. The summed E-state index contributed by atoms with van der Waals surface area (Å²) in [6.07, 6.45) is 3.61. The second-order valence-corrected chi connectivity index (χ2v) is 7.90. The Morgan fingerprint density at radius 2 is 2.22 bits per heavy atom. The number of anilines is 1. The van der Waals surface area contributed by atoms with Crippen LogP contribution in [0.4, 0.5) is 9.93 Å². The molecule has 1 atom stereocenters. The average Bonchev–Trinajstić information content (AvgIpc) is 3.11. The molecule has 8 heteroatoms. The van der Waals surface area contributed by atoms with E-state index in [0.29, 0.717) is 31.2 Å². The zero-order valence-electron chi connectivity index (χ0n) is 15.1. The highest BCUT2D eigenvalue weighted by Crippen LogP contribution is 2.26. The molecule has 1 N–H and O–H groups in total. The molecule has 1 saturated heterocycles. The molecule has 27 heavy (non-hydrogen) atoms. The number of halogens is 1. The second-order valence-electron chi connectivity index (χ2n) is 6.37. The lowest BCUT2D eigenvalue weighted by atomic mass is 9.97. The van der Waals surface area contributed by atoms with Crippen LogP contribution >= 0.6 is 22.9 Å². The Bertz CT molecular complexity index is 811. The highest BCUT2D eigenvalue weighted by Gasteiger charge is 2.29. The van der Waals surface area contributed by atoms with Crippen LogP contribution in [-0.2, 0) is 16.0 Å². The van der Waals surface area contributed by atoms with Crippen molar-refractivity contribution in [2.75, 3.05) is 25.0 Å². The van der Waals surface area contributed by atoms with E-state index in [2.05, 4.69) is 10.3 Å². The van der Waals surface area contributed by atoms with Gasteiger partial charge in [-0.3, -0.25) is 4.79 Å². The van der Waals surface area contributed by atoms with Crippen LogP contribution in [0.3, 0.4) is 0 Å². The molecular formula is C19H22ClN3O3S. The molecule has 0 aliphatic carbocycles. The van der Waals surface area contributed by atoms with Gasteiger partial charge in [0.25, 0.3) is 0 Å². The Morgan fingerprint density at radius 3 is 3.00 bits per heavy atom. The highest BCUT2D eigenvalue weighted by atomic mass is 35.5. The Balaban J connectivity index is 1.57. The molecule has 144 valence electrons. The van der Waals surface area contributed by atoms with Gasteiger partial charge in [0.15, 0.2) is 5.13 Å². The zero-order chi connectivity index (χ0) is 19.2. The fourth-order valence-electron chi connectivity index (χ4n) is 3.06. The number of hydrogen-bond acceptors (Lipinski definition) is 5. The summed E-state index contributed by atoms with van der Waals surface area (Å²) in [6, 6.07) is 7.68. The minimum Gasteiger partial charge on any atom is -0.450 e. The summed E-state index contributed by atoms with van der Waals surface area (Å²) in [5.74, 6) is -0.360. The highest BCUT2D eigenvalue weighted by molar-refractivity contribution is 7.15. The number of amides is 2. The van der Waals surface area contributed by atoms with Crippen molar-refractivity contribution < 1.29 is 14.3 Å². The Morgan fingerprint density at radius 1 is 1.41 bits per heavy atom. The topological polar surface area (TPSA) is 71.5 Å². The van der Waals surface area contributed by atoms with E-state index >= 15 is 0 Å². The van der Waals surface area contributed by atoms with E-state index in [4.69, 9.17) is 16.3 Å². The van der Waals surface area contributed by atoms with Crippen molar-refractivity contribution in [1.82, 2.24) is 9.88 Å². The van der Waals surface area contributed by atoms with Gasteiger partial charge < -0.3 is 15.0 Å². The number of piperidine rings is 1. The van der Waals surface area contributed by atoms with Crippen molar-refractivity contribution in [2.24, 2.45) is 5.92 Å². The van der Waals surface area contributed by atoms with Crippen LogP contribution in [0.25, 0.3) is 0 Å². The molecule has 2 amide bonds. The van der Waals surface area contributed by atoms with Crippen LogP contribution in [0.5, 0.6) is 0 Å². The lowest BCUT2D eigenvalue weighted by molar-refractivity contribution is -0.121. The van der Waals surface area contributed by atoms with Gasteiger partial charge in [-0.25, -0.2) is 9.78 Å². The molecular weight excluding hydrogens is 386 g/mol. The third kappa shape index (κ3) is 5.20. The van der Waals surface area contributed by atoms with Crippen LogP contribution in [0.2, 0.25) is 5.02 Å². The van der Waals surface area contributed by atoms with Gasteiger partial charge in [-0.05, 0) is 31.4 Å². The summed E-state index contributed by atoms with van der Waals surface area (Å²) >= 11 is 7.64. The molecule has 1 fully saturated rings. The molecule has 0 saturated carbocycles. The maximum absolute atomic E-state index is 12.6. The van der Waals surface area contributed by atoms with Crippen LogP contribution in [0, 0.1) is 5.92 Å². The zero-order valence-corrected chi connectivity index (χ0v) is 16.7. The first-order valence-electron chi connectivity index (χ1n) is 8.97. The summed E-state index contributed by atoms with van der Waals surface area (Å²) in [5.41, 5.74) is 1.03. The number of thiazole rings is 1. The summed E-state index contributed by atoms with van der Waals surface area (Å²) in [6.45, 7) is 3.11. The van der Waals surface area contributed by atoms with Gasteiger partial charge in [-0.1, -0.05) is 29.8 Å². The fraction of sp³-hybridized carbons (Fsp3) is 0.421. The summed E-state index contributed by atoms with van der Waals surface area (Å²) in [4.78, 5) is 31.4. The minimum atomic E-state index is -0.355. The quantitative estimate of drug-likeness (QED) is 0.806. The summed E-state index contributed by atoms with van der Waals surface area (Å²) in [7, 11) is 0. The first-order valence-corrected chi connectivity index (χ1v) is 10.2. The lowest BCUT2D eigenvalue weighted by Gasteiger charge is -2.30. The number of nitrogens with zero attached hydrogens (tertiary/aromatic N) is 2. The number of aromatic nitrogens is 1. The van der Waals surface area contributed by atoms with Crippen molar-refractivity contribution >= 4 is 40.1 Å². The average molecular weight is 408 g/mol. The molecule has 2 heterocycles. The predicted molar refractivity (Wildman–Crippen MR) is 106 cm³/mol. The number of benzene rings is 1. The maximum atomic E-state index is 12.6. The number of hydrogen-bond donors (Lipinski definition) is 1. The molecule has 1 aliphatic heterocycles. The van der Waals surface area contributed by atoms with Gasteiger partial charge in [-0.2, -0.15) is 0 Å². The van der Waals surface area contributed by atoms with E-state index in [1.54, 1.807) is 18.0 Å². The molecule has 1 unspecified atom stereocenters. The molecule has 1 aliphatic rings. The Hall–Kier alpha value is -2.12. The molecule has 0 bridgehead atoms. The van der Waals surface area contributed by atoms with Gasteiger partial charge in [0.1, 0.15) is 0 Å². The molecule has 3 rings (SSSR count). The van der Waals surface area contributed by atoms with Crippen LogP contribution in [0.1, 0.15) is 30.2 Å². The SMILES string of the molecule is CCOC(=O)N1CCCC(C(=O)Nc2ncc(Cc3ccccc3Cl)s2)C1. The Kier molecular flexibility index (Phi) is 6.68. The third-order valence-electron chi connectivity index (χ3n) is 4.42. The minimum absolute atomic E-state index is 0.109. The van der Waals surface area contributed by atoms with Crippen molar-refractivity contribution in [1.29, 1.82) is 0 Å². The van der Waals surface area contributed by atoms with E-state index in [9.17, 15) is 9.59 Å². The second kappa shape index (κ2) is 9.19. The lowest BCUT2D eigenvalue weighted by Crippen LogP contribution is -2.44. The van der Waals surface area contributed by atoms with Gasteiger partial charge in [0.2, 0.25) is 5.91 Å². The van der Waals surface area contributed by atoms with Crippen molar-refractivity contribution in [3.8, 4) is 0 Å². The van der Waals surface area contributed by atoms with E-state index in [1.807, 2.05) is 24.3 Å². The van der Waals surface area contributed by atoms with Gasteiger partial charge >= 0.3 is 6.09 Å². The molecule has 1 aromatic carbocycles. The Labute approximate surface area is 167 Å². The first-order chi connectivity index (χ1) is 13.1. The standard InChI is InChI=1S/C19H22ClN3O3S/c1-2-26-19(25)23-9-5-7-14(12-23)17(24)22-18-21-11-15(27-18)10-13-6-3-4-8-16(13)20/h3-4,6,8,11,14H,2,5,7,9-10,12H2,1H3,(H,21,22,24). The van der Waals surface area contributed by atoms with E-state index in [-0.39, 0.29) is 17.9 Å². The maximum Gasteiger partial charge on any atom is 0.409 e. The van der Waals surface area contributed by atoms with Crippen molar-refractivity contribution in [2.45, 2.75) is 26.2 Å².